The van der Waals surface area contributed by atoms with Crippen LogP contribution in [0.1, 0.15) is 80.0 Å². The van der Waals surface area contributed by atoms with Gasteiger partial charge in [0.1, 0.15) is 0 Å². The number of nitrogens with zero attached hydrogens (tertiary/aromatic N) is 2. The Hall–Kier alpha value is -3.23. The number of rotatable bonds is 7. The van der Waals surface area contributed by atoms with E-state index in [1.807, 2.05) is 28.0 Å². The van der Waals surface area contributed by atoms with Gasteiger partial charge in [0.2, 0.25) is 5.91 Å². The molecule has 246 valence electrons. The number of likely N-dealkylation sites (tertiary alicyclic amines) is 2. The SMILES string of the molecule is O=C(CC(Cc1ccc2c(c1)CCCC2)C(=O)[NH+]1CCC(C2CCNCC2)CC1)N1CCC(N2Cc3ccccc3NC2=O)CC1. The van der Waals surface area contributed by atoms with Crippen LogP contribution in [0.5, 0.6) is 0 Å². The van der Waals surface area contributed by atoms with Crippen molar-refractivity contribution in [3.63, 3.8) is 0 Å². The standard InChI is InChI=1S/C38H51N5O3/c44-36(41-21-15-34(16-22-41)43-26-32-7-3-4-8-35(32)40-38(43)46)25-33(24-27-9-10-28-5-1-2-6-31(28)23-27)37(45)42-19-13-30(14-20-42)29-11-17-39-18-12-29/h3-4,7-10,23,29-30,33-34,39H,1-2,5-6,11-22,24-26H2,(H,40,46)/p+1. The van der Waals surface area contributed by atoms with Gasteiger partial charge in [0, 0.05) is 50.6 Å². The monoisotopic (exact) mass is 626 g/mol. The quantitative estimate of drug-likeness (QED) is 0.434. The number of urea groups is 1. The molecule has 4 heterocycles. The van der Waals surface area contributed by atoms with E-state index in [0.717, 1.165) is 92.7 Å². The Morgan fingerprint density at radius 3 is 2.35 bits per heavy atom. The van der Waals surface area contributed by atoms with E-state index in [0.29, 0.717) is 26.1 Å². The number of nitrogens with one attached hydrogen (secondary N) is 3. The van der Waals surface area contributed by atoms with Crippen LogP contribution in [-0.4, -0.2) is 73.0 Å². The maximum absolute atomic E-state index is 14.2. The average molecular weight is 627 g/mol. The summed E-state index contributed by atoms with van der Waals surface area (Å²) in [6.45, 7) is 5.90. The van der Waals surface area contributed by atoms with Gasteiger partial charge in [-0.2, -0.15) is 0 Å². The zero-order chi connectivity index (χ0) is 31.5. The molecule has 3 saturated heterocycles. The van der Waals surface area contributed by atoms with Gasteiger partial charge < -0.3 is 20.4 Å². The molecule has 5 aliphatic rings. The molecule has 0 bridgehead atoms. The second-order valence-corrected chi connectivity index (χ2v) is 14.6. The molecule has 4 amide bonds. The molecular formula is C38H52N5O3+. The van der Waals surface area contributed by atoms with Crippen LogP contribution in [-0.2, 0) is 35.4 Å². The number of carbonyl (C=O) groups is 3. The predicted octanol–water partition coefficient (Wildman–Crippen LogP) is 3.97. The second kappa shape index (κ2) is 14.3. The lowest BCUT2D eigenvalue weighted by Gasteiger charge is -2.41. The highest BCUT2D eigenvalue weighted by molar-refractivity contribution is 5.92. The van der Waals surface area contributed by atoms with Gasteiger partial charge in [-0.1, -0.05) is 36.4 Å². The smallest absolute Gasteiger partial charge is 0.322 e. The minimum atomic E-state index is -0.304. The summed E-state index contributed by atoms with van der Waals surface area (Å²) in [5.74, 6) is 1.55. The molecule has 0 radical (unpaired) electrons. The molecule has 2 aromatic rings. The van der Waals surface area contributed by atoms with E-state index in [1.54, 1.807) is 0 Å². The maximum atomic E-state index is 14.2. The van der Waals surface area contributed by atoms with Crippen LogP contribution in [0, 0.1) is 17.8 Å². The molecule has 0 saturated carbocycles. The highest BCUT2D eigenvalue weighted by Gasteiger charge is 2.38. The first-order valence-corrected chi connectivity index (χ1v) is 18.2. The molecule has 46 heavy (non-hydrogen) atoms. The number of amides is 4. The molecule has 3 fully saturated rings. The molecular weight excluding hydrogens is 574 g/mol. The number of quaternary nitrogens is 1. The Kier molecular flexibility index (Phi) is 9.73. The first kappa shape index (κ1) is 31.4. The third-order valence-corrected chi connectivity index (χ3v) is 11.8. The van der Waals surface area contributed by atoms with Crippen LogP contribution in [0.25, 0.3) is 0 Å². The van der Waals surface area contributed by atoms with Gasteiger partial charge >= 0.3 is 11.9 Å². The van der Waals surface area contributed by atoms with E-state index in [9.17, 15) is 14.4 Å². The van der Waals surface area contributed by atoms with Crippen LogP contribution < -0.4 is 15.5 Å². The van der Waals surface area contributed by atoms with Gasteiger partial charge in [-0.25, -0.2) is 9.59 Å². The van der Waals surface area contributed by atoms with E-state index < -0.39 is 0 Å². The Bertz CT molecular complexity index is 1400. The van der Waals surface area contributed by atoms with Crippen LogP contribution in [0.2, 0.25) is 0 Å². The van der Waals surface area contributed by atoms with Gasteiger partial charge in [0.15, 0.2) is 0 Å². The van der Waals surface area contributed by atoms with Crippen molar-refractivity contribution in [2.75, 3.05) is 44.6 Å². The van der Waals surface area contributed by atoms with Crippen molar-refractivity contribution in [1.29, 1.82) is 0 Å². The van der Waals surface area contributed by atoms with Gasteiger partial charge in [-0.15, -0.1) is 0 Å². The Labute approximate surface area is 274 Å². The van der Waals surface area contributed by atoms with Crippen molar-refractivity contribution in [2.24, 2.45) is 17.8 Å². The van der Waals surface area contributed by atoms with Crippen LogP contribution in [0.3, 0.4) is 0 Å². The minimum Gasteiger partial charge on any atom is -0.343 e. The average Bonchev–Trinajstić information content (AvgIpc) is 3.11. The lowest BCUT2D eigenvalue weighted by atomic mass is 9.79. The van der Waals surface area contributed by atoms with Gasteiger partial charge in [-0.3, -0.25) is 9.69 Å². The molecule has 1 unspecified atom stereocenters. The number of hydrogen-bond donors (Lipinski definition) is 3. The summed E-state index contributed by atoms with van der Waals surface area (Å²) >= 11 is 0. The summed E-state index contributed by atoms with van der Waals surface area (Å²) in [6.07, 6.45) is 12.0. The van der Waals surface area contributed by atoms with Gasteiger partial charge in [-0.05, 0) is 111 Å². The third kappa shape index (κ3) is 7.03. The number of para-hydroxylation sites is 1. The van der Waals surface area contributed by atoms with Crippen LogP contribution >= 0.6 is 0 Å². The number of anilines is 1. The largest absolute Gasteiger partial charge is 0.343 e. The van der Waals surface area contributed by atoms with Gasteiger partial charge in [0.05, 0.1) is 19.0 Å². The fourth-order valence-electron chi connectivity index (χ4n) is 9.05. The summed E-state index contributed by atoms with van der Waals surface area (Å²) in [5.41, 5.74) is 6.11. The van der Waals surface area contributed by atoms with E-state index in [1.165, 1.54) is 42.4 Å². The summed E-state index contributed by atoms with van der Waals surface area (Å²) < 4.78 is 0. The third-order valence-electron chi connectivity index (χ3n) is 11.8. The normalized spacial score (nSPS) is 24.9. The molecule has 0 spiro atoms. The van der Waals surface area contributed by atoms with Crippen molar-refractivity contribution in [2.45, 2.75) is 89.6 Å². The number of aryl methyl sites for hydroxylation is 2. The number of carbonyl (C=O) groups excluding carboxylic acids is 3. The zero-order valence-electron chi connectivity index (χ0n) is 27.4. The summed E-state index contributed by atoms with van der Waals surface area (Å²) in [5, 5.41) is 6.53. The van der Waals surface area contributed by atoms with Crippen molar-refractivity contribution in [3.8, 4) is 0 Å². The fraction of sp³-hybridized carbons (Fsp3) is 0.605. The number of hydrogen-bond acceptors (Lipinski definition) is 4. The summed E-state index contributed by atoms with van der Waals surface area (Å²) in [4.78, 5) is 46.0. The molecule has 8 heteroatoms. The predicted molar refractivity (Wildman–Crippen MR) is 180 cm³/mol. The van der Waals surface area contributed by atoms with Crippen molar-refractivity contribution in [3.05, 3.63) is 64.7 Å². The van der Waals surface area contributed by atoms with Crippen molar-refractivity contribution in [1.82, 2.24) is 15.1 Å². The first-order chi connectivity index (χ1) is 22.5. The number of piperidine rings is 3. The molecule has 8 nitrogen and oxygen atoms in total. The maximum Gasteiger partial charge on any atom is 0.322 e. The molecule has 1 atom stereocenters. The summed E-state index contributed by atoms with van der Waals surface area (Å²) in [6, 6.07) is 14.8. The van der Waals surface area contributed by atoms with E-state index in [-0.39, 0.29) is 36.2 Å². The van der Waals surface area contributed by atoms with Crippen LogP contribution in [0.4, 0.5) is 10.5 Å². The van der Waals surface area contributed by atoms with E-state index >= 15 is 0 Å². The van der Waals surface area contributed by atoms with Crippen LogP contribution in [0.15, 0.2) is 42.5 Å². The highest BCUT2D eigenvalue weighted by Crippen LogP contribution is 2.30. The van der Waals surface area contributed by atoms with Gasteiger partial charge in [0.25, 0.3) is 0 Å². The van der Waals surface area contributed by atoms with Crippen molar-refractivity contribution >= 4 is 23.5 Å². The second-order valence-electron chi connectivity index (χ2n) is 14.6. The fourth-order valence-corrected chi connectivity index (χ4v) is 9.05. The van der Waals surface area contributed by atoms with E-state index in [2.05, 4.69) is 34.9 Å². The zero-order valence-corrected chi connectivity index (χ0v) is 27.4. The lowest BCUT2D eigenvalue weighted by Crippen LogP contribution is -3.16. The molecule has 1 aliphatic carbocycles. The number of benzene rings is 2. The molecule has 7 rings (SSSR count). The first-order valence-electron chi connectivity index (χ1n) is 18.2. The van der Waals surface area contributed by atoms with Crippen molar-refractivity contribution < 1.29 is 19.3 Å². The minimum absolute atomic E-state index is 0.0499. The Morgan fingerprint density at radius 2 is 1.57 bits per heavy atom. The number of fused-ring (bicyclic) bond motifs is 2. The summed E-state index contributed by atoms with van der Waals surface area (Å²) in [7, 11) is 0. The molecule has 2 aromatic carbocycles. The Balaban J connectivity index is 0.994. The Morgan fingerprint density at radius 1 is 0.848 bits per heavy atom. The molecule has 3 N–H and O–H groups in total. The molecule has 0 aromatic heterocycles. The lowest BCUT2D eigenvalue weighted by molar-refractivity contribution is -0.830. The molecule has 4 aliphatic heterocycles. The topological polar surface area (TPSA) is 86.2 Å². The highest BCUT2D eigenvalue weighted by atomic mass is 16.2. The van der Waals surface area contributed by atoms with E-state index in [4.69, 9.17) is 0 Å².